The van der Waals surface area contributed by atoms with E-state index in [1.165, 1.54) is 12.8 Å². The van der Waals surface area contributed by atoms with Crippen LogP contribution in [-0.4, -0.2) is 62.7 Å². The zero-order valence-corrected chi connectivity index (χ0v) is 21.4. The van der Waals surface area contributed by atoms with Gasteiger partial charge in [-0.1, -0.05) is 24.3 Å². The van der Waals surface area contributed by atoms with Gasteiger partial charge in [0.25, 0.3) is 0 Å². The SMILES string of the molecule is CN=C(NCc1ccc(N2CCN(C)CC2)nc1)NCc1ccccc1OCC1CC1.I. The maximum Gasteiger partial charge on any atom is 0.191 e. The van der Waals surface area contributed by atoms with Crippen LogP contribution >= 0.6 is 24.0 Å². The lowest BCUT2D eigenvalue weighted by molar-refractivity contribution is 0.296. The van der Waals surface area contributed by atoms with Crippen LogP contribution in [0.1, 0.15) is 24.0 Å². The molecule has 1 aliphatic heterocycles. The van der Waals surface area contributed by atoms with Crippen LogP contribution in [0, 0.1) is 5.92 Å². The van der Waals surface area contributed by atoms with Crippen molar-refractivity contribution >= 4 is 35.8 Å². The number of hydrogen-bond donors (Lipinski definition) is 2. The van der Waals surface area contributed by atoms with Gasteiger partial charge in [-0.25, -0.2) is 4.98 Å². The first-order valence-corrected chi connectivity index (χ1v) is 11.2. The molecule has 174 valence electrons. The Bertz CT molecular complexity index is 863. The van der Waals surface area contributed by atoms with Gasteiger partial charge in [-0.15, -0.1) is 24.0 Å². The summed E-state index contributed by atoms with van der Waals surface area (Å²) in [5, 5.41) is 6.77. The van der Waals surface area contributed by atoms with E-state index in [-0.39, 0.29) is 24.0 Å². The molecule has 2 aromatic rings. The zero-order chi connectivity index (χ0) is 21.5. The second-order valence-corrected chi connectivity index (χ2v) is 8.46. The molecule has 7 nitrogen and oxygen atoms in total. The van der Waals surface area contributed by atoms with Gasteiger partial charge >= 0.3 is 0 Å². The summed E-state index contributed by atoms with van der Waals surface area (Å²) in [5.41, 5.74) is 2.28. The second kappa shape index (κ2) is 12.2. The van der Waals surface area contributed by atoms with Crippen molar-refractivity contribution in [2.75, 3.05) is 51.8 Å². The monoisotopic (exact) mass is 550 g/mol. The number of pyridine rings is 1. The average Bonchev–Trinajstić information content (AvgIpc) is 3.64. The van der Waals surface area contributed by atoms with Crippen LogP contribution in [0.2, 0.25) is 0 Å². The molecule has 8 heteroatoms. The quantitative estimate of drug-likeness (QED) is 0.299. The molecular formula is C24H35IN6O. The molecule has 1 saturated heterocycles. The van der Waals surface area contributed by atoms with E-state index in [1.807, 2.05) is 24.4 Å². The molecular weight excluding hydrogens is 515 g/mol. The predicted molar refractivity (Wildman–Crippen MR) is 141 cm³/mol. The number of hydrogen-bond acceptors (Lipinski definition) is 5. The number of para-hydroxylation sites is 1. The molecule has 0 radical (unpaired) electrons. The predicted octanol–water partition coefficient (Wildman–Crippen LogP) is 3.11. The molecule has 2 fully saturated rings. The number of nitrogens with zero attached hydrogens (tertiary/aromatic N) is 4. The fraction of sp³-hybridized carbons (Fsp3) is 0.500. The smallest absolute Gasteiger partial charge is 0.191 e. The Balaban J connectivity index is 0.00000289. The summed E-state index contributed by atoms with van der Waals surface area (Å²) in [6.07, 6.45) is 4.54. The minimum Gasteiger partial charge on any atom is -0.493 e. The van der Waals surface area contributed by atoms with Crippen molar-refractivity contribution in [3.63, 3.8) is 0 Å². The van der Waals surface area contributed by atoms with Gasteiger partial charge in [0.2, 0.25) is 0 Å². The molecule has 0 spiro atoms. The van der Waals surface area contributed by atoms with Crippen LogP contribution in [0.3, 0.4) is 0 Å². The van der Waals surface area contributed by atoms with E-state index in [0.29, 0.717) is 13.1 Å². The minimum atomic E-state index is 0. The number of piperazine rings is 1. The van der Waals surface area contributed by atoms with Crippen molar-refractivity contribution in [1.29, 1.82) is 0 Å². The molecule has 1 aliphatic carbocycles. The van der Waals surface area contributed by atoms with Crippen molar-refractivity contribution in [2.24, 2.45) is 10.9 Å². The summed E-state index contributed by atoms with van der Waals surface area (Å²) >= 11 is 0. The van der Waals surface area contributed by atoms with Gasteiger partial charge in [-0.2, -0.15) is 0 Å². The number of aliphatic imine (C=N–C) groups is 1. The van der Waals surface area contributed by atoms with Crippen molar-refractivity contribution in [1.82, 2.24) is 20.5 Å². The van der Waals surface area contributed by atoms with E-state index in [1.54, 1.807) is 7.05 Å². The Labute approximate surface area is 208 Å². The van der Waals surface area contributed by atoms with E-state index in [4.69, 9.17) is 4.74 Å². The van der Waals surface area contributed by atoms with Gasteiger partial charge in [0.15, 0.2) is 5.96 Å². The molecule has 2 heterocycles. The summed E-state index contributed by atoms with van der Waals surface area (Å²) < 4.78 is 6.01. The Kier molecular flexibility index (Phi) is 9.40. The molecule has 1 aromatic carbocycles. The number of guanidine groups is 1. The highest BCUT2D eigenvalue weighted by molar-refractivity contribution is 14.0. The first-order chi connectivity index (χ1) is 15.2. The van der Waals surface area contributed by atoms with Crippen LogP contribution in [0.25, 0.3) is 0 Å². The average molecular weight is 550 g/mol. The van der Waals surface area contributed by atoms with Crippen molar-refractivity contribution < 1.29 is 4.74 Å². The number of halogens is 1. The Hall–Kier alpha value is -2.07. The summed E-state index contributed by atoms with van der Waals surface area (Å²) in [4.78, 5) is 13.7. The summed E-state index contributed by atoms with van der Waals surface area (Å²) in [5.74, 6) is 3.52. The summed E-state index contributed by atoms with van der Waals surface area (Å²) in [6.45, 7) is 6.40. The maximum absolute atomic E-state index is 6.01. The number of ether oxygens (including phenoxy) is 1. The third-order valence-electron chi connectivity index (χ3n) is 5.91. The van der Waals surface area contributed by atoms with Crippen LogP contribution in [0.4, 0.5) is 5.82 Å². The van der Waals surface area contributed by atoms with Crippen LogP contribution in [0.5, 0.6) is 5.75 Å². The van der Waals surface area contributed by atoms with Gasteiger partial charge in [-0.05, 0) is 43.5 Å². The first-order valence-electron chi connectivity index (χ1n) is 11.2. The summed E-state index contributed by atoms with van der Waals surface area (Å²) in [6, 6.07) is 12.5. The zero-order valence-electron chi connectivity index (χ0n) is 19.1. The number of aromatic nitrogens is 1. The molecule has 0 amide bonds. The van der Waals surface area contributed by atoms with Gasteiger partial charge in [0.1, 0.15) is 11.6 Å². The molecule has 4 rings (SSSR count). The lowest BCUT2D eigenvalue weighted by Crippen LogP contribution is -2.44. The van der Waals surface area contributed by atoms with Gasteiger partial charge in [-0.3, -0.25) is 4.99 Å². The second-order valence-electron chi connectivity index (χ2n) is 8.46. The Morgan fingerprint density at radius 2 is 1.81 bits per heavy atom. The third kappa shape index (κ3) is 7.23. The number of nitrogens with one attached hydrogen (secondary N) is 2. The Morgan fingerprint density at radius 1 is 1.06 bits per heavy atom. The third-order valence-corrected chi connectivity index (χ3v) is 5.91. The number of likely N-dealkylation sites (N-methyl/N-ethyl adjacent to an activating group) is 1. The van der Waals surface area contributed by atoms with Crippen LogP contribution in [-0.2, 0) is 13.1 Å². The lowest BCUT2D eigenvalue weighted by atomic mass is 10.2. The highest BCUT2D eigenvalue weighted by atomic mass is 127. The van der Waals surface area contributed by atoms with E-state index in [0.717, 1.165) is 67.4 Å². The van der Waals surface area contributed by atoms with Gasteiger partial charge in [0.05, 0.1) is 6.61 Å². The number of anilines is 1. The van der Waals surface area contributed by atoms with Gasteiger partial charge < -0.3 is 25.2 Å². The molecule has 2 aliphatic rings. The van der Waals surface area contributed by atoms with E-state index >= 15 is 0 Å². The topological polar surface area (TPSA) is 65.0 Å². The van der Waals surface area contributed by atoms with Crippen LogP contribution < -0.4 is 20.3 Å². The molecule has 0 unspecified atom stereocenters. The molecule has 1 saturated carbocycles. The highest BCUT2D eigenvalue weighted by Gasteiger charge is 2.22. The fourth-order valence-electron chi connectivity index (χ4n) is 3.61. The first kappa shape index (κ1) is 24.6. The standard InChI is InChI=1S/C24H34N6O.HI/c1-25-24(28-17-21-5-3-4-6-22(21)31-18-19-7-8-19)27-16-20-9-10-23(26-15-20)30-13-11-29(2)12-14-30;/h3-6,9-10,15,19H,7-8,11-14,16-18H2,1-2H3,(H2,25,27,28);1H. The van der Waals surface area contributed by atoms with Gasteiger partial charge in [0, 0.05) is 58.1 Å². The van der Waals surface area contributed by atoms with E-state index < -0.39 is 0 Å². The minimum absolute atomic E-state index is 0. The molecule has 0 bridgehead atoms. The molecule has 1 aromatic heterocycles. The molecule has 32 heavy (non-hydrogen) atoms. The fourth-order valence-corrected chi connectivity index (χ4v) is 3.61. The lowest BCUT2D eigenvalue weighted by Gasteiger charge is -2.33. The van der Waals surface area contributed by atoms with E-state index in [9.17, 15) is 0 Å². The highest BCUT2D eigenvalue weighted by Crippen LogP contribution is 2.30. The molecule has 0 atom stereocenters. The summed E-state index contributed by atoms with van der Waals surface area (Å²) in [7, 11) is 3.96. The van der Waals surface area contributed by atoms with E-state index in [2.05, 4.69) is 55.7 Å². The Morgan fingerprint density at radius 3 is 2.50 bits per heavy atom. The maximum atomic E-state index is 6.01. The van der Waals surface area contributed by atoms with Crippen molar-refractivity contribution in [2.45, 2.75) is 25.9 Å². The number of benzene rings is 1. The normalized spacial score (nSPS) is 16.9. The largest absolute Gasteiger partial charge is 0.493 e. The molecule has 2 N–H and O–H groups in total. The van der Waals surface area contributed by atoms with Crippen molar-refractivity contribution in [3.05, 3.63) is 53.7 Å². The van der Waals surface area contributed by atoms with Crippen molar-refractivity contribution in [3.8, 4) is 5.75 Å². The number of rotatable bonds is 8. The van der Waals surface area contributed by atoms with Crippen LogP contribution in [0.15, 0.2) is 47.6 Å².